The highest BCUT2D eigenvalue weighted by Gasteiger charge is 2.29. The number of amides is 1. The van der Waals surface area contributed by atoms with E-state index in [9.17, 15) is 23.4 Å². The maximum Gasteiger partial charge on any atom is 0.249 e. The molecule has 0 aliphatic heterocycles. The molecule has 1 aromatic carbocycles. The van der Waals surface area contributed by atoms with Gasteiger partial charge >= 0.3 is 0 Å². The Morgan fingerprint density at radius 1 is 1.21 bits per heavy atom. The van der Waals surface area contributed by atoms with Gasteiger partial charge in [-0.3, -0.25) is 4.79 Å². The second kappa shape index (κ2) is 12.8. The molecule has 9 heteroatoms. The maximum absolute atomic E-state index is 12.3. The number of aliphatic hydroxyl groups excluding tert-OH is 2. The van der Waals surface area contributed by atoms with Crippen LogP contribution in [0.1, 0.15) is 38.7 Å². The molecule has 0 saturated heterocycles. The average molecular weight is 431 g/mol. The van der Waals surface area contributed by atoms with Crippen molar-refractivity contribution in [3.63, 3.8) is 0 Å². The second-order valence-electron chi connectivity index (χ2n) is 7.05. The van der Waals surface area contributed by atoms with Gasteiger partial charge in [0.15, 0.2) is 9.84 Å². The fraction of sp³-hybridized carbons (Fsp3) is 0.650. The molecule has 0 aliphatic carbocycles. The summed E-state index contributed by atoms with van der Waals surface area (Å²) >= 11 is 0. The highest BCUT2D eigenvalue weighted by atomic mass is 32.2. The number of aliphatic hydroxyl groups is 2. The van der Waals surface area contributed by atoms with Crippen LogP contribution < -0.4 is 15.4 Å². The molecule has 0 fully saturated rings. The molecule has 1 amide bonds. The van der Waals surface area contributed by atoms with E-state index in [0.717, 1.165) is 17.7 Å². The van der Waals surface area contributed by atoms with Gasteiger partial charge in [0.25, 0.3) is 0 Å². The number of hydrogen-bond donors (Lipinski definition) is 4. The van der Waals surface area contributed by atoms with Gasteiger partial charge in [-0.25, -0.2) is 8.42 Å². The van der Waals surface area contributed by atoms with Crippen LogP contribution in [-0.4, -0.2) is 67.9 Å². The number of sulfone groups is 1. The van der Waals surface area contributed by atoms with Gasteiger partial charge in [-0.2, -0.15) is 0 Å². The minimum absolute atomic E-state index is 0.0901. The van der Waals surface area contributed by atoms with Crippen LogP contribution in [0.5, 0.6) is 5.75 Å². The van der Waals surface area contributed by atoms with Crippen molar-refractivity contribution < 1.29 is 28.2 Å². The summed E-state index contributed by atoms with van der Waals surface area (Å²) in [5, 5.41) is 24.8. The molecular weight excluding hydrogens is 396 g/mol. The quantitative estimate of drug-likeness (QED) is 0.341. The Labute approximate surface area is 173 Å². The van der Waals surface area contributed by atoms with Gasteiger partial charge in [0.1, 0.15) is 11.9 Å². The first kappa shape index (κ1) is 25.4. The number of hydrogen-bond acceptors (Lipinski definition) is 7. The van der Waals surface area contributed by atoms with Crippen LogP contribution in [0, 0.1) is 0 Å². The van der Waals surface area contributed by atoms with E-state index >= 15 is 0 Å². The van der Waals surface area contributed by atoms with Crippen LogP contribution in [0.3, 0.4) is 0 Å². The van der Waals surface area contributed by atoms with Crippen molar-refractivity contribution in [1.29, 1.82) is 0 Å². The Morgan fingerprint density at radius 3 is 2.55 bits per heavy atom. The topological polar surface area (TPSA) is 125 Å². The molecule has 8 nitrogen and oxygen atoms in total. The number of nitrogens with one attached hydrogen (secondary N) is 2. The number of methoxy groups -OCH3 is 1. The smallest absolute Gasteiger partial charge is 0.249 e. The van der Waals surface area contributed by atoms with Crippen LogP contribution >= 0.6 is 0 Å². The Balaban J connectivity index is 2.38. The lowest BCUT2D eigenvalue weighted by Gasteiger charge is -2.18. The molecule has 166 valence electrons. The average Bonchev–Trinajstić information content (AvgIpc) is 2.69. The number of rotatable bonds is 14. The molecule has 0 heterocycles. The summed E-state index contributed by atoms with van der Waals surface area (Å²) in [5.74, 6) is -0.668. The lowest BCUT2D eigenvalue weighted by atomic mass is 10.2. The summed E-state index contributed by atoms with van der Waals surface area (Å²) in [7, 11) is -1.98. The molecule has 0 aromatic heterocycles. The summed E-state index contributed by atoms with van der Waals surface area (Å²) < 4.78 is 29.8. The summed E-state index contributed by atoms with van der Waals surface area (Å²) in [6.07, 6.45) is -0.859. The molecule has 3 unspecified atom stereocenters. The van der Waals surface area contributed by atoms with Gasteiger partial charge in [-0.1, -0.05) is 32.4 Å². The number of benzene rings is 1. The Kier molecular flexibility index (Phi) is 11.2. The third-order valence-electron chi connectivity index (χ3n) is 4.62. The van der Waals surface area contributed by atoms with E-state index in [-0.39, 0.29) is 13.1 Å². The van der Waals surface area contributed by atoms with Crippen LogP contribution in [0.15, 0.2) is 24.3 Å². The van der Waals surface area contributed by atoms with Crippen molar-refractivity contribution in [2.24, 2.45) is 0 Å². The summed E-state index contributed by atoms with van der Waals surface area (Å²) in [4.78, 5) is 12.0. The highest BCUT2D eigenvalue weighted by Crippen LogP contribution is 2.15. The Hall–Kier alpha value is -1.68. The zero-order chi connectivity index (χ0) is 21.9. The molecule has 1 rings (SSSR count). The predicted molar refractivity (Wildman–Crippen MR) is 112 cm³/mol. The van der Waals surface area contributed by atoms with Crippen LogP contribution in [0.2, 0.25) is 0 Å². The first-order valence-electron chi connectivity index (χ1n) is 9.92. The Bertz CT molecular complexity index is 725. The highest BCUT2D eigenvalue weighted by molar-refractivity contribution is 7.92. The zero-order valence-electron chi connectivity index (χ0n) is 17.4. The molecular formula is C20H34N2O6S. The fourth-order valence-electron chi connectivity index (χ4n) is 2.97. The number of ether oxygens (including phenoxy) is 1. The molecule has 0 aliphatic rings. The third kappa shape index (κ3) is 9.12. The van der Waals surface area contributed by atoms with Gasteiger partial charge in [0.2, 0.25) is 5.91 Å². The lowest BCUT2D eigenvalue weighted by Crippen LogP contribution is -2.45. The standard InChI is InChI=1S/C20H34N2O6S/c1-4-7-18(5-2)29(26,27)14-19(24)20(25)22-13-16(23)12-21-11-15-8-6-9-17(10-15)28-3/h6,8-10,16,18-19,21,23-24H,4-5,7,11-14H2,1-3H3,(H,22,25). The monoisotopic (exact) mass is 430 g/mol. The van der Waals surface area contributed by atoms with Crippen LogP contribution in [0.4, 0.5) is 0 Å². The van der Waals surface area contributed by atoms with Gasteiger partial charge in [0, 0.05) is 19.6 Å². The van der Waals surface area contributed by atoms with Gasteiger partial charge < -0.3 is 25.6 Å². The van der Waals surface area contributed by atoms with Crippen molar-refractivity contribution >= 4 is 15.7 Å². The van der Waals surface area contributed by atoms with Crippen molar-refractivity contribution in [3.8, 4) is 5.75 Å². The van der Waals surface area contributed by atoms with Crippen LogP contribution in [-0.2, 0) is 21.2 Å². The van der Waals surface area contributed by atoms with Gasteiger partial charge in [-0.15, -0.1) is 0 Å². The van der Waals surface area contributed by atoms with Crippen molar-refractivity contribution in [3.05, 3.63) is 29.8 Å². The second-order valence-corrected chi connectivity index (χ2v) is 9.37. The maximum atomic E-state index is 12.3. The number of carbonyl (C=O) groups is 1. The van der Waals surface area contributed by atoms with Gasteiger partial charge in [-0.05, 0) is 30.5 Å². The molecule has 3 atom stereocenters. The first-order valence-corrected chi connectivity index (χ1v) is 11.6. The molecule has 0 saturated carbocycles. The molecule has 0 radical (unpaired) electrons. The molecule has 0 spiro atoms. The van der Waals surface area contributed by atoms with E-state index in [0.29, 0.717) is 19.4 Å². The molecule has 4 N–H and O–H groups in total. The minimum atomic E-state index is -3.56. The molecule has 1 aromatic rings. The van der Waals surface area contributed by atoms with Crippen molar-refractivity contribution in [1.82, 2.24) is 10.6 Å². The molecule has 0 bridgehead atoms. The van der Waals surface area contributed by atoms with Crippen molar-refractivity contribution in [2.75, 3.05) is 26.0 Å². The third-order valence-corrected chi connectivity index (χ3v) is 6.99. The first-order chi connectivity index (χ1) is 13.7. The van der Waals surface area contributed by atoms with E-state index in [1.165, 1.54) is 0 Å². The normalized spacial score (nSPS) is 14.8. The largest absolute Gasteiger partial charge is 0.497 e. The number of carbonyl (C=O) groups excluding carboxylic acids is 1. The zero-order valence-corrected chi connectivity index (χ0v) is 18.2. The predicted octanol–water partition coefficient (Wildman–Crippen LogP) is 0.616. The van der Waals surface area contributed by atoms with Crippen molar-refractivity contribution in [2.45, 2.75) is 57.1 Å². The van der Waals surface area contributed by atoms with E-state index in [4.69, 9.17) is 4.74 Å². The van der Waals surface area contributed by atoms with Gasteiger partial charge in [0.05, 0.1) is 24.2 Å². The summed E-state index contributed by atoms with van der Waals surface area (Å²) in [6.45, 7) is 4.32. The van der Waals surface area contributed by atoms with E-state index in [1.807, 2.05) is 31.2 Å². The molecule has 29 heavy (non-hydrogen) atoms. The fourth-order valence-corrected chi connectivity index (χ4v) is 4.93. The lowest BCUT2D eigenvalue weighted by molar-refractivity contribution is -0.128. The summed E-state index contributed by atoms with van der Waals surface area (Å²) in [5.41, 5.74) is 0.985. The van der Waals surface area contributed by atoms with E-state index in [2.05, 4.69) is 10.6 Å². The van der Waals surface area contributed by atoms with Crippen LogP contribution in [0.25, 0.3) is 0 Å². The van der Waals surface area contributed by atoms with E-state index < -0.39 is 39.0 Å². The SMILES string of the molecule is CCCC(CC)S(=O)(=O)CC(O)C(=O)NCC(O)CNCc1cccc(OC)c1. The Morgan fingerprint density at radius 2 is 1.93 bits per heavy atom. The van der Waals surface area contributed by atoms with E-state index in [1.54, 1.807) is 14.0 Å². The summed E-state index contributed by atoms with van der Waals surface area (Å²) in [6, 6.07) is 7.50. The minimum Gasteiger partial charge on any atom is -0.497 e.